The maximum Gasteiger partial charge on any atom is 0.257 e. The molecule has 0 aliphatic heterocycles. The van der Waals surface area contributed by atoms with Gasteiger partial charge in [-0.15, -0.1) is 0 Å². The Morgan fingerprint density at radius 1 is 1.40 bits per heavy atom. The highest BCUT2D eigenvalue weighted by Crippen LogP contribution is 2.53. The lowest BCUT2D eigenvalue weighted by Gasteiger charge is -2.25. The van der Waals surface area contributed by atoms with Gasteiger partial charge in [-0.25, -0.2) is 0 Å². The molecule has 0 radical (unpaired) electrons. The Labute approximate surface area is 95.4 Å². The lowest BCUT2D eigenvalue weighted by Crippen LogP contribution is -2.24. The standard InChI is InChI=1S/C10H23O3PSi/c1-8(2)7-14(12,13-15-6)9(11)10(3,4)5/h8H,7,15H2,1-6H3. The van der Waals surface area contributed by atoms with E-state index in [0.717, 1.165) is 0 Å². The van der Waals surface area contributed by atoms with Crippen molar-refractivity contribution in [3.05, 3.63) is 0 Å². The molecule has 0 spiro atoms. The minimum atomic E-state index is -3.07. The van der Waals surface area contributed by atoms with Crippen molar-refractivity contribution >= 4 is 22.7 Å². The van der Waals surface area contributed by atoms with Crippen molar-refractivity contribution in [3.63, 3.8) is 0 Å². The van der Waals surface area contributed by atoms with Crippen LogP contribution in [-0.4, -0.2) is 21.4 Å². The normalized spacial score (nSPS) is 17.3. The summed E-state index contributed by atoms with van der Waals surface area (Å²) < 4.78 is 17.8. The first-order valence-electron chi connectivity index (χ1n) is 5.42. The molecule has 0 aromatic carbocycles. The van der Waals surface area contributed by atoms with Crippen molar-refractivity contribution in [1.29, 1.82) is 0 Å². The van der Waals surface area contributed by atoms with Crippen molar-refractivity contribution in [2.24, 2.45) is 11.3 Å². The Morgan fingerprint density at radius 2 is 1.87 bits per heavy atom. The van der Waals surface area contributed by atoms with Gasteiger partial charge < -0.3 is 4.21 Å². The third-order valence-electron chi connectivity index (χ3n) is 1.89. The lowest BCUT2D eigenvalue weighted by atomic mass is 9.99. The minimum absolute atomic E-state index is 0.210. The van der Waals surface area contributed by atoms with Gasteiger partial charge in [0.15, 0.2) is 9.76 Å². The summed E-state index contributed by atoms with van der Waals surface area (Å²) in [4.78, 5) is 12.0. The highest BCUT2D eigenvalue weighted by molar-refractivity contribution is 7.77. The van der Waals surface area contributed by atoms with Crippen LogP contribution in [0.3, 0.4) is 0 Å². The van der Waals surface area contributed by atoms with E-state index in [-0.39, 0.29) is 11.4 Å². The topological polar surface area (TPSA) is 43.4 Å². The summed E-state index contributed by atoms with van der Waals surface area (Å²) in [6.45, 7) is 11.2. The molecule has 0 saturated heterocycles. The maximum atomic E-state index is 12.4. The molecular weight excluding hydrogens is 227 g/mol. The second kappa shape index (κ2) is 5.42. The molecule has 0 bridgehead atoms. The smallest absolute Gasteiger partial charge is 0.257 e. The molecule has 1 unspecified atom stereocenters. The van der Waals surface area contributed by atoms with E-state index in [1.54, 1.807) is 20.8 Å². The van der Waals surface area contributed by atoms with Crippen LogP contribution in [0.1, 0.15) is 34.6 Å². The highest BCUT2D eigenvalue weighted by atomic mass is 31.2. The lowest BCUT2D eigenvalue weighted by molar-refractivity contribution is -0.119. The van der Waals surface area contributed by atoms with Crippen LogP contribution in [0.15, 0.2) is 0 Å². The molecule has 0 N–H and O–H groups in total. The summed E-state index contributed by atoms with van der Waals surface area (Å²) in [7, 11) is -3.88. The largest absolute Gasteiger partial charge is 0.373 e. The predicted molar refractivity (Wildman–Crippen MR) is 67.3 cm³/mol. The van der Waals surface area contributed by atoms with Crippen molar-refractivity contribution in [1.82, 2.24) is 0 Å². The summed E-state index contributed by atoms with van der Waals surface area (Å²) >= 11 is 0. The van der Waals surface area contributed by atoms with Gasteiger partial charge in [-0.3, -0.25) is 9.36 Å². The summed E-state index contributed by atoms with van der Waals surface area (Å²) in [6.07, 6.45) is 0.379. The quantitative estimate of drug-likeness (QED) is 0.556. The third kappa shape index (κ3) is 4.62. The van der Waals surface area contributed by atoms with Gasteiger partial charge in [0, 0.05) is 11.6 Å². The van der Waals surface area contributed by atoms with Gasteiger partial charge in [0.1, 0.15) is 0 Å². The maximum absolute atomic E-state index is 12.4. The van der Waals surface area contributed by atoms with E-state index in [9.17, 15) is 9.36 Å². The summed E-state index contributed by atoms with van der Waals surface area (Å²) in [5.74, 6) is 0.225. The number of hydrogen-bond acceptors (Lipinski definition) is 3. The number of hydrogen-bond donors (Lipinski definition) is 0. The molecule has 5 heteroatoms. The van der Waals surface area contributed by atoms with E-state index in [1.165, 1.54) is 0 Å². The summed E-state index contributed by atoms with van der Waals surface area (Å²) in [6, 6.07) is 0. The van der Waals surface area contributed by atoms with Crippen LogP contribution in [0.25, 0.3) is 0 Å². The molecule has 0 aromatic heterocycles. The average Bonchev–Trinajstić information content (AvgIpc) is 2.00. The summed E-state index contributed by atoms with van der Waals surface area (Å²) in [5.41, 5.74) is -0.786. The zero-order chi connectivity index (χ0) is 12.3. The Kier molecular flexibility index (Phi) is 5.45. The molecule has 0 saturated carbocycles. The Morgan fingerprint density at radius 3 is 2.13 bits per heavy atom. The Bertz CT molecular complexity index is 268. The molecule has 1 atom stereocenters. The SMILES string of the molecule is C[SiH2]OP(=O)(CC(C)C)C(=O)C(C)(C)C. The van der Waals surface area contributed by atoms with E-state index in [2.05, 4.69) is 0 Å². The molecule has 0 aromatic rings. The molecule has 3 nitrogen and oxygen atoms in total. The highest BCUT2D eigenvalue weighted by Gasteiger charge is 2.40. The van der Waals surface area contributed by atoms with Gasteiger partial charge in [-0.05, 0) is 5.92 Å². The molecule has 15 heavy (non-hydrogen) atoms. The van der Waals surface area contributed by atoms with Gasteiger partial charge in [0.2, 0.25) is 5.52 Å². The zero-order valence-electron chi connectivity index (χ0n) is 10.7. The van der Waals surface area contributed by atoms with Crippen molar-refractivity contribution < 1.29 is 13.6 Å². The molecule has 0 aliphatic carbocycles. The molecule has 0 heterocycles. The van der Waals surface area contributed by atoms with Crippen molar-refractivity contribution in [3.8, 4) is 0 Å². The zero-order valence-corrected chi connectivity index (χ0v) is 13.0. The second-order valence-electron chi connectivity index (χ2n) is 5.22. The average molecular weight is 250 g/mol. The fourth-order valence-corrected chi connectivity index (χ4v) is 6.10. The molecule has 0 fully saturated rings. The molecule has 90 valence electrons. The van der Waals surface area contributed by atoms with E-state index in [4.69, 9.17) is 4.21 Å². The van der Waals surface area contributed by atoms with Crippen LogP contribution in [0.5, 0.6) is 0 Å². The van der Waals surface area contributed by atoms with Gasteiger partial charge in [0.05, 0.1) is 0 Å². The number of rotatable bonds is 5. The van der Waals surface area contributed by atoms with Crippen LogP contribution in [0, 0.1) is 11.3 Å². The molecule has 0 aliphatic rings. The van der Waals surface area contributed by atoms with Gasteiger partial charge in [-0.2, -0.15) is 0 Å². The van der Waals surface area contributed by atoms with Crippen molar-refractivity contribution in [2.45, 2.75) is 41.2 Å². The monoisotopic (exact) mass is 250 g/mol. The Hall–Kier alpha value is 0.0769. The third-order valence-corrected chi connectivity index (χ3v) is 7.10. The molecule has 0 amide bonds. The number of carbonyl (C=O) groups excluding carboxylic acids is 1. The van der Waals surface area contributed by atoms with Crippen LogP contribution >= 0.6 is 7.37 Å². The summed E-state index contributed by atoms with van der Waals surface area (Å²) in [5, 5.41) is 0. The molecule has 0 rings (SSSR count). The van der Waals surface area contributed by atoms with E-state index in [1.807, 2.05) is 20.4 Å². The first-order chi connectivity index (χ1) is 6.63. The molecular formula is C10H23O3PSi. The van der Waals surface area contributed by atoms with Crippen LogP contribution < -0.4 is 0 Å². The fourth-order valence-electron chi connectivity index (χ4n) is 1.39. The van der Waals surface area contributed by atoms with E-state index in [0.29, 0.717) is 6.16 Å². The van der Waals surface area contributed by atoms with Gasteiger partial charge in [-0.1, -0.05) is 41.2 Å². The Balaban J connectivity index is 4.95. The van der Waals surface area contributed by atoms with Crippen LogP contribution in [-0.2, 0) is 13.6 Å². The van der Waals surface area contributed by atoms with Gasteiger partial charge >= 0.3 is 0 Å². The van der Waals surface area contributed by atoms with E-state index < -0.39 is 22.5 Å². The van der Waals surface area contributed by atoms with Crippen LogP contribution in [0.4, 0.5) is 0 Å². The number of carbonyl (C=O) groups is 1. The first-order valence-corrected chi connectivity index (χ1v) is 9.22. The predicted octanol–water partition coefficient (Wildman–Crippen LogP) is 2.64. The first kappa shape index (κ1) is 15.1. The van der Waals surface area contributed by atoms with Crippen molar-refractivity contribution in [2.75, 3.05) is 6.16 Å². The van der Waals surface area contributed by atoms with Gasteiger partial charge in [0.25, 0.3) is 7.37 Å². The van der Waals surface area contributed by atoms with Crippen LogP contribution in [0.2, 0.25) is 6.55 Å². The fraction of sp³-hybridized carbons (Fsp3) is 0.900. The minimum Gasteiger partial charge on any atom is -0.373 e. The second-order valence-corrected chi connectivity index (χ2v) is 8.95. The van der Waals surface area contributed by atoms with E-state index >= 15 is 0 Å².